The number of nitrogens with one attached hydrogen (secondary N) is 3. The van der Waals surface area contributed by atoms with Crippen molar-refractivity contribution >= 4 is 40.0 Å². The van der Waals surface area contributed by atoms with Crippen molar-refractivity contribution in [1.82, 2.24) is 14.8 Å². The Morgan fingerprint density at radius 3 is 2.28 bits per heavy atom. The van der Waals surface area contributed by atoms with Crippen molar-refractivity contribution in [2.24, 2.45) is 0 Å². The van der Waals surface area contributed by atoms with E-state index < -0.39 is 35.5 Å². The average molecular weight is 641 g/mol. The van der Waals surface area contributed by atoms with Crippen molar-refractivity contribution in [1.29, 1.82) is 0 Å². The molecule has 3 N–H and O–H groups in total. The number of aryl methyl sites for hydroxylation is 1. The minimum Gasteiger partial charge on any atom is -0.457 e. The molecular formula is C31H25F5N6O4. The molecular weight excluding hydrogens is 615 g/mol. The summed E-state index contributed by atoms with van der Waals surface area (Å²) in [6.45, 7) is 1.61. The topological polar surface area (TPSA) is 119 Å². The van der Waals surface area contributed by atoms with Gasteiger partial charge in [-0.25, -0.2) is 14.5 Å². The Morgan fingerprint density at radius 2 is 1.59 bits per heavy atom. The van der Waals surface area contributed by atoms with Crippen LogP contribution in [0, 0.1) is 6.92 Å². The molecule has 0 aliphatic rings. The van der Waals surface area contributed by atoms with Crippen molar-refractivity contribution < 1.29 is 41.0 Å². The van der Waals surface area contributed by atoms with Crippen LogP contribution in [-0.4, -0.2) is 46.6 Å². The summed E-state index contributed by atoms with van der Waals surface area (Å²) in [4.78, 5) is 29.0. The quantitative estimate of drug-likeness (QED) is 0.145. The molecule has 3 aromatic carbocycles. The predicted octanol–water partition coefficient (Wildman–Crippen LogP) is 7.40. The maximum atomic E-state index is 14.2. The molecule has 5 rings (SSSR count). The van der Waals surface area contributed by atoms with Crippen molar-refractivity contribution in [2.45, 2.75) is 19.0 Å². The standard InChI is InChI=1S/C31H25F5N6O4/c1-18-7-9-19(10-8-18)42-27(16-25(41-42)30(32,33)31(34,35)36)40-29(44)38-23-11-12-24(22-6-4-3-5-21(22)23)46-20-13-14-37-26(15-20)39-28(43)17-45-2/h3-16H,17H2,1-2H3,(H,37,39,43)(H2,38,40,44). The van der Waals surface area contributed by atoms with E-state index in [1.54, 1.807) is 55.5 Å². The number of anilines is 3. The third-order valence-corrected chi connectivity index (χ3v) is 6.54. The van der Waals surface area contributed by atoms with Gasteiger partial charge >= 0.3 is 18.1 Å². The first-order valence-corrected chi connectivity index (χ1v) is 13.5. The molecule has 0 fully saturated rings. The number of fused-ring (bicyclic) bond motifs is 1. The largest absolute Gasteiger partial charge is 0.459 e. The summed E-state index contributed by atoms with van der Waals surface area (Å²) in [5.74, 6) is -5.12. The molecule has 0 aliphatic carbocycles. The number of methoxy groups -OCH3 is 1. The minimum atomic E-state index is -5.91. The van der Waals surface area contributed by atoms with Gasteiger partial charge in [0.15, 0.2) is 0 Å². The van der Waals surface area contributed by atoms with E-state index in [9.17, 15) is 31.5 Å². The number of rotatable bonds is 9. The Morgan fingerprint density at radius 1 is 0.870 bits per heavy atom. The lowest BCUT2D eigenvalue weighted by molar-refractivity contribution is -0.291. The predicted molar refractivity (Wildman–Crippen MR) is 160 cm³/mol. The number of hydrogen-bond donors (Lipinski definition) is 3. The lowest BCUT2D eigenvalue weighted by Crippen LogP contribution is -2.34. The normalized spacial score (nSPS) is 11.7. The van der Waals surface area contributed by atoms with Gasteiger partial charge < -0.3 is 20.1 Å². The van der Waals surface area contributed by atoms with Gasteiger partial charge in [0.25, 0.3) is 5.91 Å². The average Bonchev–Trinajstić information content (AvgIpc) is 3.43. The van der Waals surface area contributed by atoms with Gasteiger partial charge in [-0.15, -0.1) is 0 Å². The number of amides is 3. The lowest BCUT2D eigenvalue weighted by Gasteiger charge is -2.16. The van der Waals surface area contributed by atoms with Crippen LogP contribution in [0.2, 0.25) is 0 Å². The Kier molecular flexibility index (Phi) is 8.87. The highest BCUT2D eigenvalue weighted by molar-refractivity contribution is 6.07. The van der Waals surface area contributed by atoms with E-state index in [1.165, 1.54) is 37.6 Å². The second-order valence-corrected chi connectivity index (χ2v) is 9.93. The molecule has 0 saturated carbocycles. The summed E-state index contributed by atoms with van der Waals surface area (Å²) in [6.07, 6.45) is -4.46. The van der Waals surface area contributed by atoms with Gasteiger partial charge in [0.2, 0.25) is 0 Å². The maximum Gasteiger partial charge on any atom is 0.459 e. The van der Waals surface area contributed by atoms with E-state index in [2.05, 4.69) is 26.0 Å². The number of alkyl halides is 5. The molecule has 3 amide bonds. The van der Waals surface area contributed by atoms with Gasteiger partial charge in [-0.05, 0) is 37.3 Å². The first kappa shape index (κ1) is 31.8. The number of hydrogen-bond acceptors (Lipinski definition) is 6. The van der Waals surface area contributed by atoms with Gasteiger partial charge in [-0.3, -0.25) is 10.1 Å². The van der Waals surface area contributed by atoms with E-state index >= 15 is 0 Å². The lowest BCUT2D eigenvalue weighted by atomic mass is 10.1. The van der Waals surface area contributed by atoms with Crippen molar-refractivity contribution in [3.63, 3.8) is 0 Å². The van der Waals surface area contributed by atoms with Gasteiger partial charge in [0, 0.05) is 36.2 Å². The van der Waals surface area contributed by atoms with Crippen molar-refractivity contribution in [3.8, 4) is 17.2 Å². The second kappa shape index (κ2) is 12.8. The van der Waals surface area contributed by atoms with Crippen LogP contribution in [0.4, 0.5) is 44.1 Å². The molecule has 0 unspecified atom stereocenters. The highest BCUT2D eigenvalue weighted by Crippen LogP contribution is 2.44. The number of urea groups is 1. The Balaban J connectivity index is 1.41. The molecule has 0 bridgehead atoms. The summed E-state index contributed by atoms with van der Waals surface area (Å²) in [7, 11) is 1.38. The minimum absolute atomic E-state index is 0.148. The zero-order valence-corrected chi connectivity index (χ0v) is 24.2. The number of pyridine rings is 1. The van der Waals surface area contributed by atoms with E-state index in [1.807, 2.05) is 0 Å². The molecule has 0 saturated heterocycles. The summed E-state index contributed by atoms with van der Waals surface area (Å²) in [5, 5.41) is 12.1. The fourth-order valence-corrected chi connectivity index (χ4v) is 4.37. The molecule has 2 aromatic heterocycles. The van der Waals surface area contributed by atoms with Crippen LogP contribution >= 0.6 is 0 Å². The zero-order valence-electron chi connectivity index (χ0n) is 24.2. The van der Waals surface area contributed by atoms with E-state index in [-0.39, 0.29) is 23.8 Å². The van der Waals surface area contributed by atoms with Gasteiger partial charge in [0.05, 0.1) is 11.4 Å². The van der Waals surface area contributed by atoms with Crippen LogP contribution in [0.15, 0.2) is 85.1 Å². The molecule has 0 spiro atoms. The third-order valence-electron chi connectivity index (χ3n) is 6.54. The number of nitrogens with zero attached hydrogens (tertiary/aromatic N) is 3. The second-order valence-electron chi connectivity index (χ2n) is 9.93. The smallest absolute Gasteiger partial charge is 0.457 e. The molecule has 2 heterocycles. The van der Waals surface area contributed by atoms with Crippen LogP contribution in [0.25, 0.3) is 16.5 Å². The molecule has 0 atom stereocenters. The van der Waals surface area contributed by atoms with E-state index in [0.717, 1.165) is 10.2 Å². The Hall–Kier alpha value is -5.57. The fraction of sp³-hybridized carbons (Fsp3) is 0.161. The molecule has 0 aliphatic heterocycles. The highest BCUT2D eigenvalue weighted by atomic mass is 19.4. The van der Waals surface area contributed by atoms with Crippen LogP contribution in [0.3, 0.4) is 0 Å². The molecule has 5 aromatic rings. The summed E-state index contributed by atoms with van der Waals surface area (Å²) in [6, 6.07) is 18.8. The van der Waals surface area contributed by atoms with E-state index in [0.29, 0.717) is 28.3 Å². The maximum absolute atomic E-state index is 14.2. The fourth-order valence-electron chi connectivity index (χ4n) is 4.37. The molecule has 10 nitrogen and oxygen atoms in total. The number of benzene rings is 3. The van der Waals surface area contributed by atoms with E-state index in [4.69, 9.17) is 9.47 Å². The van der Waals surface area contributed by atoms with Crippen LogP contribution in [-0.2, 0) is 15.5 Å². The summed E-state index contributed by atoms with van der Waals surface area (Å²) >= 11 is 0. The zero-order chi connectivity index (χ0) is 33.1. The van der Waals surface area contributed by atoms with Crippen LogP contribution in [0.5, 0.6) is 11.5 Å². The first-order chi connectivity index (χ1) is 21.9. The number of aromatic nitrogens is 3. The number of halogens is 5. The molecule has 46 heavy (non-hydrogen) atoms. The van der Waals surface area contributed by atoms with Gasteiger partial charge in [-0.2, -0.15) is 27.1 Å². The number of carbonyl (C=O) groups excluding carboxylic acids is 2. The summed E-state index contributed by atoms with van der Waals surface area (Å²) in [5.41, 5.74) is -0.346. The Bertz CT molecular complexity index is 1890. The SMILES string of the molecule is COCC(=O)Nc1cc(Oc2ccc(NC(=O)Nc3cc(C(F)(F)C(F)(F)F)nn3-c3ccc(C)cc3)c3ccccc23)ccn1. The summed E-state index contributed by atoms with van der Waals surface area (Å²) < 4.78 is 79.5. The Labute approximate surface area is 258 Å². The van der Waals surface area contributed by atoms with Crippen molar-refractivity contribution in [3.05, 3.63) is 96.3 Å². The number of ether oxygens (including phenoxy) is 2. The highest BCUT2D eigenvalue weighted by Gasteiger charge is 2.60. The van der Waals surface area contributed by atoms with Crippen molar-refractivity contribution in [2.75, 3.05) is 29.7 Å². The molecule has 238 valence electrons. The van der Waals surface area contributed by atoms with Gasteiger partial charge in [0.1, 0.15) is 35.4 Å². The van der Waals surface area contributed by atoms with Crippen LogP contribution in [0.1, 0.15) is 11.3 Å². The van der Waals surface area contributed by atoms with Crippen LogP contribution < -0.4 is 20.7 Å². The first-order valence-electron chi connectivity index (χ1n) is 13.5. The molecule has 15 heteroatoms. The monoisotopic (exact) mass is 640 g/mol. The van der Waals surface area contributed by atoms with Gasteiger partial charge in [-0.1, -0.05) is 42.0 Å². The third kappa shape index (κ3) is 6.89. The molecule has 0 radical (unpaired) electrons. The number of carbonyl (C=O) groups is 2.